The Labute approximate surface area is 102 Å². The average molecular weight is 250 g/mol. The van der Waals surface area contributed by atoms with Crippen LogP contribution in [0.4, 0.5) is 0 Å². The molecule has 1 heterocycles. The van der Waals surface area contributed by atoms with Crippen molar-refractivity contribution in [3.8, 4) is 0 Å². The topological polar surface area (TPSA) is 61.4 Å². The van der Waals surface area contributed by atoms with Crippen molar-refractivity contribution in [2.45, 2.75) is 25.8 Å². The molecule has 0 aromatic carbocycles. The van der Waals surface area contributed by atoms with Gasteiger partial charge in [-0.3, -0.25) is 9.59 Å². The molecule has 2 amide bonds. The van der Waals surface area contributed by atoms with E-state index in [-0.39, 0.29) is 36.8 Å². The maximum absolute atomic E-state index is 11.5. The molecule has 1 saturated heterocycles. The van der Waals surface area contributed by atoms with Crippen molar-refractivity contribution in [3.05, 3.63) is 0 Å². The number of carbonyl (C=O) groups is 2. The fourth-order valence-electron chi connectivity index (χ4n) is 1.58. The highest BCUT2D eigenvalue weighted by atomic mass is 35.5. The molecule has 0 aliphatic carbocycles. The van der Waals surface area contributed by atoms with Crippen LogP contribution >= 0.6 is 12.4 Å². The van der Waals surface area contributed by atoms with Crippen LogP contribution in [-0.4, -0.2) is 49.4 Å². The molecule has 0 aromatic heterocycles. The molecule has 0 bridgehead atoms. The zero-order valence-electron chi connectivity index (χ0n) is 9.78. The minimum atomic E-state index is -0.0908. The SMILES string of the molecule is CC(=O)N(C)CC(=O)N[C@H]1CCCNC1.Cl. The quantitative estimate of drug-likeness (QED) is 0.726. The largest absolute Gasteiger partial charge is 0.351 e. The molecule has 0 saturated carbocycles. The predicted molar refractivity (Wildman–Crippen MR) is 64.6 cm³/mol. The second-order valence-electron chi connectivity index (χ2n) is 3.99. The Kier molecular flexibility index (Phi) is 7.08. The van der Waals surface area contributed by atoms with E-state index >= 15 is 0 Å². The van der Waals surface area contributed by atoms with Crippen LogP contribution in [-0.2, 0) is 9.59 Å². The van der Waals surface area contributed by atoms with Crippen LogP contribution in [0, 0.1) is 0 Å². The zero-order valence-corrected chi connectivity index (χ0v) is 10.6. The van der Waals surface area contributed by atoms with E-state index < -0.39 is 0 Å². The summed E-state index contributed by atoms with van der Waals surface area (Å²) < 4.78 is 0. The maximum atomic E-state index is 11.5. The summed E-state index contributed by atoms with van der Waals surface area (Å²) in [6.07, 6.45) is 2.11. The van der Waals surface area contributed by atoms with Gasteiger partial charge in [0.25, 0.3) is 0 Å². The number of hydrogen-bond acceptors (Lipinski definition) is 3. The fraction of sp³-hybridized carbons (Fsp3) is 0.800. The number of likely N-dealkylation sites (N-methyl/N-ethyl adjacent to an activating group) is 1. The lowest BCUT2D eigenvalue weighted by Gasteiger charge is -2.24. The smallest absolute Gasteiger partial charge is 0.239 e. The summed E-state index contributed by atoms with van der Waals surface area (Å²) in [5.74, 6) is -0.173. The van der Waals surface area contributed by atoms with Crippen molar-refractivity contribution in [1.29, 1.82) is 0 Å². The van der Waals surface area contributed by atoms with Crippen molar-refractivity contribution in [2.24, 2.45) is 0 Å². The monoisotopic (exact) mass is 249 g/mol. The number of piperidine rings is 1. The van der Waals surface area contributed by atoms with Gasteiger partial charge in [-0.1, -0.05) is 0 Å². The molecule has 0 spiro atoms. The van der Waals surface area contributed by atoms with Crippen molar-refractivity contribution in [1.82, 2.24) is 15.5 Å². The molecule has 0 unspecified atom stereocenters. The molecular formula is C10H20ClN3O2. The summed E-state index contributed by atoms with van der Waals surface area (Å²) in [4.78, 5) is 23.8. The maximum Gasteiger partial charge on any atom is 0.239 e. The first-order valence-corrected chi connectivity index (χ1v) is 5.31. The Morgan fingerprint density at radius 2 is 2.19 bits per heavy atom. The Morgan fingerprint density at radius 3 is 2.69 bits per heavy atom. The predicted octanol–water partition coefficient (Wildman–Crippen LogP) is -0.245. The van der Waals surface area contributed by atoms with E-state index in [9.17, 15) is 9.59 Å². The average Bonchev–Trinajstić information content (AvgIpc) is 2.18. The summed E-state index contributed by atoms with van der Waals surface area (Å²) in [7, 11) is 1.63. The van der Waals surface area contributed by atoms with Crippen molar-refractivity contribution in [2.75, 3.05) is 26.7 Å². The number of carbonyl (C=O) groups excluding carboxylic acids is 2. The van der Waals surface area contributed by atoms with E-state index in [4.69, 9.17) is 0 Å². The fourth-order valence-corrected chi connectivity index (χ4v) is 1.58. The van der Waals surface area contributed by atoms with Crippen LogP contribution in [0.1, 0.15) is 19.8 Å². The number of halogens is 1. The van der Waals surface area contributed by atoms with E-state index in [1.165, 1.54) is 11.8 Å². The van der Waals surface area contributed by atoms with E-state index in [1.54, 1.807) is 7.05 Å². The Morgan fingerprint density at radius 1 is 1.50 bits per heavy atom. The van der Waals surface area contributed by atoms with Gasteiger partial charge in [0.15, 0.2) is 0 Å². The van der Waals surface area contributed by atoms with Gasteiger partial charge in [0.2, 0.25) is 11.8 Å². The molecule has 1 aliphatic heterocycles. The van der Waals surface area contributed by atoms with Crippen molar-refractivity contribution in [3.63, 3.8) is 0 Å². The third-order valence-corrected chi connectivity index (χ3v) is 2.58. The van der Waals surface area contributed by atoms with Gasteiger partial charge in [-0.05, 0) is 19.4 Å². The molecule has 1 rings (SSSR count). The summed E-state index contributed by atoms with van der Waals surface area (Å²) in [6, 6.07) is 0.214. The van der Waals surface area contributed by atoms with E-state index in [0.29, 0.717) is 0 Å². The van der Waals surface area contributed by atoms with Crippen molar-refractivity contribution < 1.29 is 9.59 Å². The molecule has 1 atom stereocenters. The molecule has 5 nitrogen and oxygen atoms in total. The summed E-state index contributed by atoms with van der Waals surface area (Å²) in [5.41, 5.74) is 0. The number of hydrogen-bond donors (Lipinski definition) is 2. The standard InChI is InChI=1S/C10H19N3O2.ClH/c1-8(14)13(2)7-10(15)12-9-4-3-5-11-6-9;/h9,11H,3-7H2,1-2H3,(H,12,15);1H/t9-;/m0./s1. The third kappa shape index (κ3) is 5.32. The highest BCUT2D eigenvalue weighted by molar-refractivity contribution is 5.85. The number of nitrogens with zero attached hydrogens (tertiary/aromatic N) is 1. The molecule has 94 valence electrons. The highest BCUT2D eigenvalue weighted by Crippen LogP contribution is 2.00. The van der Waals surface area contributed by atoms with E-state index in [1.807, 2.05) is 0 Å². The van der Waals surface area contributed by atoms with E-state index in [0.717, 1.165) is 25.9 Å². The normalized spacial score (nSPS) is 19.5. The lowest BCUT2D eigenvalue weighted by atomic mass is 10.1. The molecule has 0 aromatic rings. The minimum Gasteiger partial charge on any atom is -0.351 e. The first kappa shape index (κ1) is 15.2. The summed E-state index contributed by atoms with van der Waals surface area (Å²) in [5, 5.41) is 6.13. The first-order chi connectivity index (χ1) is 7.09. The minimum absolute atomic E-state index is 0. The number of amides is 2. The van der Waals surface area contributed by atoms with Gasteiger partial charge < -0.3 is 15.5 Å². The lowest BCUT2D eigenvalue weighted by molar-refractivity contribution is -0.133. The van der Waals surface area contributed by atoms with Crippen molar-refractivity contribution >= 4 is 24.2 Å². The van der Waals surface area contributed by atoms with Gasteiger partial charge in [0.05, 0.1) is 6.54 Å². The van der Waals surface area contributed by atoms with Crippen LogP contribution in [0.15, 0.2) is 0 Å². The lowest BCUT2D eigenvalue weighted by Crippen LogP contribution is -2.48. The van der Waals surface area contributed by atoms with Gasteiger partial charge in [-0.25, -0.2) is 0 Å². The summed E-state index contributed by atoms with van der Waals surface area (Å²) in [6.45, 7) is 3.45. The van der Waals surface area contributed by atoms with Gasteiger partial charge in [-0.15, -0.1) is 12.4 Å². The van der Waals surface area contributed by atoms with E-state index in [2.05, 4.69) is 10.6 Å². The van der Waals surface area contributed by atoms with Gasteiger partial charge >= 0.3 is 0 Å². The van der Waals surface area contributed by atoms with Gasteiger partial charge in [-0.2, -0.15) is 0 Å². The Bertz CT molecular complexity index is 242. The molecule has 1 aliphatic rings. The zero-order chi connectivity index (χ0) is 11.3. The Balaban J connectivity index is 0.00000225. The van der Waals surface area contributed by atoms with Crippen LogP contribution in [0.5, 0.6) is 0 Å². The molecular weight excluding hydrogens is 230 g/mol. The van der Waals surface area contributed by atoms with Gasteiger partial charge in [0, 0.05) is 26.6 Å². The second kappa shape index (κ2) is 7.46. The number of nitrogens with one attached hydrogen (secondary N) is 2. The van der Waals surface area contributed by atoms with Crippen LogP contribution in [0.3, 0.4) is 0 Å². The van der Waals surface area contributed by atoms with Crippen LogP contribution in [0.2, 0.25) is 0 Å². The van der Waals surface area contributed by atoms with Crippen LogP contribution in [0.25, 0.3) is 0 Å². The molecule has 1 fully saturated rings. The summed E-state index contributed by atoms with van der Waals surface area (Å²) >= 11 is 0. The second-order valence-corrected chi connectivity index (χ2v) is 3.99. The number of rotatable bonds is 3. The first-order valence-electron chi connectivity index (χ1n) is 5.31. The highest BCUT2D eigenvalue weighted by Gasteiger charge is 2.16. The van der Waals surface area contributed by atoms with Gasteiger partial charge in [0.1, 0.15) is 0 Å². The van der Waals surface area contributed by atoms with Crippen LogP contribution < -0.4 is 10.6 Å². The molecule has 2 N–H and O–H groups in total. The molecule has 0 radical (unpaired) electrons. The molecule has 6 heteroatoms. The molecule has 16 heavy (non-hydrogen) atoms. The Hall–Kier alpha value is -0.810. The third-order valence-electron chi connectivity index (χ3n) is 2.58.